The van der Waals surface area contributed by atoms with Crippen LogP contribution in [-0.4, -0.2) is 46.2 Å². The number of hydrogen-bond acceptors (Lipinski definition) is 4. The van der Waals surface area contributed by atoms with Gasteiger partial charge in [-0.15, -0.1) is 0 Å². The molecular weight excluding hydrogens is 645 g/mol. The third kappa shape index (κ3) is 5.84. The molecule has 0 bridgehead atoms. The Hall–Kier alpha value is -5.36. The molecule has 1 saturated heterocycles. The fraction of sp³-hybridized carbons (Fsp3) is 0.304. The summed E-state index contributed by atoms with van der Waals surface area (Å²) in [6, 6.07) is 27.6. The first-order valence-electron chi connectivity index (χ1n) is 18.4. The molecule has 7 rings (SSSR count). The maximum Gasteiger partial charge on any atom is 0.305 e. The van der Waals surface area contributed by atoms with Crippen LogP contribution in [0.25, 0.3) is 21.5 Å². The van der Waals surface area contributed by atoms with Crippen LogP contribution in [0, 0.1) is 10.8 Å². The van der Waals surface area contributed by atoms with Gasteiger partial charge in [-0.05, 0) is 52.3 Å². The number of likely N-dealkylation sites (tertiary alicyclic amines) is 1. The van der Waals surface area contributed by atoms with Crippen LogP contribution in [0.5, 0.6) is 0 Å². The molecule has 6 heteroatoms. The highest BCUT2D eigenvalue weighted by Crippen LogP contribution is 2.61. The molecule has 3 unspecified atom stereocenters. The summed E-state index contributed by atoms with van der Waals surface area (Å²) in [5.41, 5.74) is 5.16. The van der Waals surface area contributed by atoms with E-state index >= 15 is 0 Å². The van der Waals surface area contributed by atoms with E-state index in [9.17, 15) is 19.8 Å². The Labute approximate surface area is 306 Å². The summed E-state index contributed by atoms with van der Waals surface area (Å²) in [6.07, 6.45) is 18.8. The monoisotopic (exact) mass is 692 g/mol. The molecule has 3 atom stereocenters. The van der Waals surface area contributed by atoms with Crippen LogP contribution in [0.2, 0.25) is 0 Å². The number of allylic oxidation sites excluding steroid dienone is 9. The summed E-state index contributed by atoms with van der Waals surface area (Å²) < 4.78 is 0. The highest BCUT2D eigenvalue weighted by Gasteiger charge is 2.55. The molecule has 1 fully saturated rings. The fourth-order valence-corrected chi connectivity index (χ4v) is 9.22. The Morgan fingerprint density at radius 1 is 0.769 bits per heavy atom. The van der Waals surface area contributed by atoms with Gasteiger partial charge in [-0.25, -0.2) is 0 Å². The highest BCUT2D eigenvalue weighted by atomic mass is 16.4. The van der Waals surface area contributed by atoms with Gasteiger partial charge in [-0.3, -0.25) is 9.59 Å². The van der Waals surface area contributed by atoms with Crippen molar-refractivity contribution in [3.8, 4) is 0 Å². The summed E-state index contributed by atoms with van der Waals surface area (Å²) >= 11 is 0. The zero-order valence-corrected chi connectivity index (χ0v) is 30.5. The van der Waals surface area contributed by atoms with Crippen LogP contribution in [0.15, 0.2) is 139 Å². The minimum Gasteiger partial charge on any atom is -0.481 e. The normalized spacial score (nSPS) is 24.3. The van der Waals surface area contributed by atoms with Gasteiger partial charge in [0.15, 0.2) is 0 Å². The standard InChI is InChI=1S/C46H48N2O4/c1-44(2)37(47(29-26-40(49)50)39-25-15-16-28-46(39,44)4)23-9-6-10-24-38-45(3,31-32-17-7-5-8-18-32)42-35-21-13-11-19-33(35)34-20-12-14-22-36(34)43(42)48(38)30-27-41(51)52/h5-25,38H,26-31H2,1-4H3,(H,49,50)(H,51,52)/b9-6+,24-10+,37-23+. The average molecular weight is 693 g/mol. The SMILES string of the molecule is CC1(Cc2ccccc2)c2c(c3ccccc3c3ccccc23)N(CCC(=O)O)C1/C=C/C=C/C=C1/N(CCC(=O)O)C2=CC=CCC2(C)C1(C)C. The van der Waals surface area contributed by atoms with Gasteiger partial charge in [0, 0.05) is 51.8 Å². The van der Waals surface area contributed by atoms with Gasteiger partial charge in [0.2, 0.25) is 0 Å². The summed E-state index contributed by atoms with van der Waals surface area (Å²) in [4.78, 5) is 28.3. The van der Waals surface area contributed by atoms with Crippen LogP contribution in [0.1, 0.15) is 58.1 Å². The van der Waals surface area contributed by atoms with E-state index in [0.717, 1.165) is 29.6 Å². The van der Waals surface area contributed by atoms with E-state index in [1.165, 1.54) is 33.0 Å². The number of carboxylic acids is 2. The molecule has 0 aromatic heterocycles. The lowest BCUT2D eigenvalue weighted by molar-refractivity contribution is -0.138. The molecule has 4 aromatic rings. The average Bonchev–Trinajstić information content (AvgIpc) is 3.46. The van der Waals surface area contributed by atoms with Crippen LogP contribution in [0.4, 0.5) is 5.69 Å². The second-order valence-electron chi connectivity index (χ2n) is 15.4. The molecule has 0 radical (unpaired) electrons. The van der Waals surface area contributed by atoms with Gasteiger partial charge in [0.05, 0.1) is 18.9 Å². The Bertz CT molecular complexity index is 2190. The van der Waals surface area contributed by atoms with E-state index in [1.54, 1.807) is 0 Å². The van der Waals surface area contributed by atoms with Crippen LogP contribution < -0.4 is 4.90 Å². The fourth-order valence-electron chi connectivity index (χ4n) is 9.22. The number of nitrogens with zero attached hydrogens (tertiary/aromatic N) is 2. The molecular formula is C46H48N2O4. The number of aliphatic carboxylic acids is 2. The topological polar surface area (TPSA) is 81.1 Å². The second-order valence-corrected chi connectivity index (χ2v) is 15.4. The predicted octanol–water partition coefficient (Wildman–Crippen LogP) is 9.82. The maximum absolute atomic E-state index is 12.1. The van der Waals surface area contributed by atoms with Crippen LogP contribution >= 0.6 is 0 Å². The molecule has 0 spiro atoms. The van der Waals surface area contributed by atoms with Crippen molar-refractivity contribution in [1.29, 1.82) is 0 Å². The van der Waals surface area contributed by atoms with Crippen LogP contribution in [-0.2, 0) is 21.4 Å². The Kier molecular flexibility index (Phi) is 9.20. The van der Waals surface area contributed by atoms with Gasteiger partial charge in [-0.1, -0.05) is 143 Å². The van der Waals surface area contributed by atoms with E-state index in [-0.39, 0.29) is 35.1 Å². The molecule has 1 aliphatic carbocycles. The summed E-state index contributed by atoms with van der Waals surface area (Å²) in [6.45, 7) is 9.94. The van der Waals surface area contributed by atoms with Crippen molar-refractivity contribution in [1.82, 2.24) is 4.90 Å². The molecule has 52 heavy (non-hydrogen) atoms. The zero-order valence-electron chi connectivity index (χ0n) is 30.5. The largest absolute Gasteiger partial charge is 0.481 e. The Balaban J connectivity index is 1.33. The first kappa shape index (κ1) is 35.1. The first-order valence-corrected chi connectivity index (χ1v) is 18.4. The van der Waals surface area contributed by atoms with Crippen molar-refractivity contribution < 1.29 is 19.8 Å². The molecule has 3 aliphatic rings. The Morgan fingerprint density at radius 3 is 2.08 bits per heavy atom. The molecule has 0 amide bonds. The van der Waals surface area contributed by atoms with Gasteiger partial charge >= 0.3 is 11.9 Å². The van der Waals surface area contributed by atoms with E-state index in [4.69, 9.17) is 0 Å². The minimum atomic E-state index is -0.816. The lowest BCUT2D eigenvalue weighted by Crippen LogP contribution is -2.44. The van der Waals surface area contributed by atoms with E-state index in [2.05, 4.69) is 159 Å². The lowest BCUT2D eigenvalue weighted by atomic mass is 9.63. The van der Waals surface area contributed by atoms with Gasteiger partial charge in [0.1, 0.15) is 0 Å². The number of anilines is 1. The van der Waals surface area contributed by atoms with Crippen molar-refractivity contribution >= 4 is 39.2 Å². The van der Waals surface area contributed by atoms with E-state index < -0.39 is 11.9 Å². The summed E-state index contributed by atoms with van der Waals surface area (Å²) in [7, 11) is 0. The smallest absolute Gasteiger partial charge is 0.305 e. The van der Waals surface area contributed by atoms with E-state index in [0.29, 0.717) is 13.1 Å². The quantitative estimate of drug-likeness (QED) is 0.120. The second kappa shape index (κ2) is 13.6. The molecule has 0 saturated carbocycles. The van der Waals surface area contributed by atoms with Crippen molar-refractivity contribution in [2.24, 2.45) is 10.8 Å². The number of fused-ring (bicyclic) bond motifs is 7. The van der Waals surface area contributed by atoms with Gasteiger partial charge in [0.25, 0.3) is 0 Å². The minimum absolute atomic E-state index is 0.0268. The van der Waals surface area contributed by atoms with Gasteiger partial charge < -0.3 is 20.0 Å². The molecule has 2 N–H and O–H groups in total. The van der Waals surface area contributed by atoms with Crippen LogP contribution in [0.3, 0.4) is 0 Å². The number of hydrogen-bond donors (Lipinski definition) is 2. The number of carbonyl (C=O) groups is 2. The predicted molar refractivity (Wildman–Crippen MR) is 211 cm³/mol. The summed E-state index contributed by atoms with van der Waals surface area (Å²) in [5.74, 6) is -1.62. The van der Waals surface area contributed by atoms with E-state index in [1.807, 2.05) is 6.07 Å². The lowest BCUT2D eigenvalue weighted by Gasteiger charge is -2.38. The highest BCUT2D eigenvalue weighted by molar-refractivity contribution is 6.16. The van der Waals surface area contributed by atoms with Crippen molar-refractivity contribution in [2.75, 3.05) is 18.0 Å². The maximum atomic E-state index is 12.1. The number of rotatable bonds is 11. The molecule has 266 valence electrons. The molecule has 6 nitrogen and oxygen atoms in total. The molecule has 2 aliphatic heterocycles. The number of carboxylic acid groups (broad SMARTS) is 2. The third-order valence-corrected chi connectivity index (χ3v) is 12.1. The van der Waals surface area contributed by atoms with Crippen molar-refractivity contribution in [3.05, 3.63) is 150 Å². The summed E-state index contributed by atoms with van der Waals surface area (Å²) in [5, 5.41) is 24.2. The van der Waals surface area contributed by atoms with Crippen molar-refractivity contribution in [3.63, 3.8) is 0 Å². The molecule has 4 aromatic carbocycles. The molecule has 2 heterocycles. The van der Waals surface area contributed by atoms with Crippen molar-refractivity contribution in [2.45, 2.75) is 64.8 Å². The first-order chi connectivity index (χ1) is 25.0. The Morgan fingerprint density at radius 2 is 1.38 bits per heavy atom. The van der Waals surface area contributed by atoms with Gasteiger partial charge in [-0.2, -0.15) is 0 Å². The number of benzene rings is 4. The zero-order chi connectivity index (χ0) is 36.7. The third-order valence-electron chi connectivity index (χ3n) is 12.1.